The predicted molar refractivity (Wildman–Crippen MR) is 92.7 cm³/mol. The first-order chi connectivity index (χ1) is 11.6. The van der Waals surface area contributed by atoms with E-state index in [4.69, 9.17) is 11.0 Å². The molecule has 0 aromatic heterocycles. The van der Waals surface area contributed by atoms with Crippen LogP contribution in [-0.2, 0) is 22.7 Å². The van der Waals surface area contributed by atoms with Crippen LogP contribution in [0.15, 0.2) is 53.4 Å². The Hall–Kier alpha value is -2.82. The summed E-state index contributed by atoms with van der Waals surface area (Å²) in [5.41, 5.74) is 7.89. The number of nitrogens with two attached hydrogens (primary N) is 1. The minimum absolute atomic E-state index is 0.248. The highest BCUT2D eigenvalue weighted by molar-refractivity contribution is 8.03. The van der Waals surface area contributed by atoms with E-state index < -0.39 is 11.8 Å². The Bertz CT molecular complexity index is 769. The second-order valence-corrected chi connectivity index (χ2v) is 5.74. The molecule has 0 atom stereocenters. The molecule has 0 unspecified atom stereocenters. The summed E-state index contributed by atoms with van der Waals surface area (Å²) < 4.78 is 0. The molecule has 122 valence electrons. The van der Waals surface area contributed by atoms with Gasteiger partial charge >= 0.3 is 11.8 Å². The summed E-state index contributed by atoms with van der Waals surface area (Å²) in [6, 6.07) is 14.1. The monoisotopic (exact) mass is 340 g/mol. The molecule has 2 aromatic rings. The number of nitrogens with one attached hydrogen (secondary N) is 2. The van der Waals surface area contributed by atoms with Crippen LogP contribution in [0.3, 0.4) is 0 Å². The third-order valence-electron chi connectivity index (χ3n) is 3.16. The van der Waals surface area contributed by atoms with Gasteiger partial charge in [0.05, 0.1) is 0 Å². The van der Waals surface area contributed by atoms with Crippen LogP contribution in [0.1, 0.15) is 11.1 Å². The van der Waals surface area contributed by atoms with Crippen LogP contribution in [0.25, 0.3) is 0 Å². The number of nitriles is 1. The van der Waals surface area contributed by atoms with E-state index >= 15 is 0 Å². The fraction of sp³-hybridized carbons (Fsp3) is 0.118. The molecule has 0 saturated heterocycles. The van der Waals surface area contributed by atoms with E-state index in [1.165, 1.54) is 0 Å². The highest BCUT2D eigenvalue weighted by atomic mass is 32.2. The van der Waals surface area contributed by atoms with Crippen molar-refractivity contribution < 1.29 is 9.59 Å². The van der Waals surface area contributed by atoms with Crippen LogP contribution in [0, 0.1) is 10.7 Å². The van der Waals surface area contributed by atoms with Crippen molar-refractivity contribution in [2.24, 2.45) is 5.73 Å². The molecule has 2 rings (SSSR count). The van der Waals surface area contributed by atoms with Gasteiger partial charge in [-0.3, -0.25) is 9.59 Å². The van der Waals surface area contributed by atoms with Crippen molar-refractivity contribution in [1.29, 1.82) is 5.26 Å². The molecule has 6 nitrogen and oxygen atoms in total. The third kappa shape index (κ3) is 5.12. The number of thiocyanates is 1. The molecule has 0 aliphatic rings. The lowest BCUT2D eigenvalue weighted by molar-refractivity contribution is -0.136. The largest absolute Gasteiger partial charge is 0.344 e. The average molecular weight is 340 g/mol. The molecule has 24 heavy (non-hydrogen) atoms. The number of rotatable bonds is 5. The number of carbonyl (C=O) groups excluding carboxylic acids is 2. The highest BCUT2D eigenvalue weighted by Gasteiger charge is 2.13. The van der Waals surface area contributed by atoms with Crippen LogP contribution in [-0.4, -0.2) is 11.8 Å². The first kappa shape index (κ1) is 17.5. The van der Waals surface area contributed by atoms with E-state index in [1.807, 2.05) is 29.7 Å². The molecular weight excluding hydrogens is 324 g/mol. The SMILES string of the molecule is N#CSc1ccc(NC(=O)C(=O)NCc2cccc(CN)c2)cc1. The smallest absolute Gasteiger partial charge is 0.313 e. The van der Waals surface area contributed by atoms with Gasteiger partial charge < -0.3 is 16.4 Å². The summed E-state index contributed by atoms with van der Waals surface area (Å²) in [5.74, 6) is -1.46. The van der Waals surface area contributed by atoms with Gasteiger partial charge in [-0.1, -0.05) is 24.3 Å². The first-order valence-electron chi connectivity index (χ1n) is 7.15. The maximum absolute atomic E-state index is 11.9. The predicted octanol–water partition coefficient (Wildman–Crippen LogP) is 1.97. The lowest BCUT2D eigenvalue weighted by Gasteiger charge is -2.08. The Morgan fingerprint density at radius 3 is 2.46 bits per heavy atom. The van der Waals surface area contributed by atoms with Gasteiger partial charge in [0.15, 0.2) is 0 Å². The zero-order chi connectivity index (χ0) is 17.4. The number of carbonyl (C=O) groups is 2. The number of hydrogen-bond acceptors (Lipinski definition) is 5. The van der Waals surface area contributed by atoms with Crippen LogP contribution in [0.4, 0.5) is 5.69 Å². The van der Waals surface area contributed by atoms with E-state index in [2.05, 4.69) is 10.6 Å². The molecule has 7 heteroatoms. The number of thioether (sulfide) groups is 1. The fourth-order valence-electron chi connectivity index (χ4n) is 1.98. The van der Waals surface area contributed by atoms with Crippen LogP contribution >= 0.6 is 11.8 Å². The average Bonchev–Trinajstić information content (AvgIpc) is 2.61. The highest BCUT2D eigenvalue weighted by Crippen LogP contribution is 2.18. The zero-order valence-electron chi connectivity index (χ0n) is 12.8. The van der Waals surface area contributed by atoms with Gasteiger partial charge in [-0.2, -0.15) is 5.26 Å². The minimum atomic E-state index is -0.745. The van der Waals surface area contributed by atoms with Gasteiger partial charge in [-0.25, -0.2) is 0 Å². The zero-order valence-corrected chi connectivity index (χ0v) is 13.6. The van der Waals surface area contributed by atoms with Crippen molar-refractivity contribution in [3.63, 3.8) is 0 Å². The molecule has 0 spiro atoms. The number of benzene rings is 2. The number of anilines is 1. The molecular formula is C17H16N4O2S. The molecule has 0 fully saturated rings. The molecule has 0 bridgehead atoms. The van der Waals surface area contributed by atoms with Crippen LogP contribution in [0.2, 0.25) is 0 Å². The molecule has 4 N–H and O–H groups in total. The van der Waals surface area contributed by atoms with Gasteiger partial charge in [0.25, 0.3) is 0 Å². The van der Waals surface area contributed by atoms with Crippen molar-refractivity contribution in [3.05, 3.63) is 59.7 Å². The first-order valence-corrected chi connectivity index (χ1v) is 7.97. The second-order valence-electron chi connectivity index (χ2n) is 4.88. The quantitative estimate of drug-likeness (QED) is 0.438. The maximum Gasteiger partial charge on any atom is 0.313 e. The standard InChI is InChI=1S/C17H16N4O2S/c18-9-12-2-1-3-13(8-12)10-20-16(22)17(23)21-14-4-6-15(7-5-14)24-11-19/h1-8H,9-10,18H2,(H,20,22)(H,21,23). The molecule has 2 amide bonds. The molecule has 2 aromatic carbocycles. The normalized spacial score (nSPS) is 9.83. The summed E-state index contributed by atoms with van der Waals surface area (Å²) in [4.78, 5) is 24.5. The Labute approximate surface area is 144 Å². The summed E-state index contributed by atoms with van der Waals surface area (Å²) in [7, 11) is 0. The lowest BCUT2D eigenvalue weighted by atomic mass is 10.1. The van der Waals surface area contributed by atoms with E-state index in [9.17, 15) is 9.59 Å². The molecule has 0 aliphatic heterocycles. The van der Waals surface area contributed by atoms with E-state index in [0.717, 1.165) is 27.8 Å². The van der Waals surface area contributed by atoms with Gasteiger partial charge in [-0.15, -0.1) is 0 Å². The Morgan fingerprint density at radius 2 is 1.79 bits per heavy atom. The van der Waals surface area contributed by atoms with Gasteiger partial charge in [0.1, 0.15) is 5.40 Å². The summed E-state index contributed by atoms with van der Waals surface area (Å²) in [6.07, 6.45) is 0. The molecule has 0 radical (unpaired) electrons. The van der Waals surface area contributed by atoms with Gasteiger partial charge in [-0.05, 0) is 47.2 Å². The van der Waals surface area contributed by atoms with E-state index in [-0.39, 0.29) is 6.54 Å². The topological polar surface area (TPSA) is 108 Å². The maximum atomic E-state index is 11.9. The van der Waals surface area contributed by atoms with Crippen LogP contribution < -0.4 is 16.4 Å². The Kier molecular flexibility index (Phi) is 6.37. The summed E-state index contributed by atoms with van der Waals surface area (Å²) in [6.45, 7) is 0.667. The van der Waals surface area contributed by atoms with E-state index in [1.54, 1.807) is 24.3 Å². The van der Waals surface area contributed by atoms with Crippen LogP contribution in [0.5, 0.6) is 0 Å². The van der Waals surface area contributed by atoms with Crippen molar-refractivity contribution in [2.75, 3.05) is 5.32 Å². The Morgan fingerprint density at radius 1 is 1.08 bits per heavy atom. The number of hydrogen-bond donors (Lipinski definition) is 3. The van der Waals surface area contributed by atoms with E-state index in [0.29, 0.717) is 12.2 Å². The Balaban J connectivity index is 1.87. The van der Waals surface area contributed by atoms with Crippen molar-refractivity contribution in [1.82, 2.24) is 5.32 Å². The number of nitrogens with zero attached hydrogens (tertiary/aromatic N) is 1. The summed E-state index contributed by atoms with van der Waals surface area (Å²) >= 11 is 1.02. The third-order valence-corrected chi connectivity index (χ3v) is 3.76. The fourth-order valence-corrected chi connectivity index (χ4v) is 2.35. The van der Waals surface area contributed by atoms with Gasteiger partial charge in [0, 0.05) is 23.7 Å². The molecule has 0 saturated carbocycles. The lowest BCUT2D eigenvalue weighted by Crippen LogP contribution is -2.34. The molecule has 0 heterocycles. The van der Waals surface area contributed by atoms with Crippen molar-refractivity contribution in [3.8, 4) is 5.40 Å². The van der Waals surface area contributed by atoms with Crippen molar-refractivity contribution >= 4 is 29.3 Å². The minimum Gasteiger partial charge on any atom is -0.344 e. The van der Waals surface area contributed by atoms with Crippen molar-refractivity contribution in [2.45, 2.75) is 18.0 Å². The molecule has 0 aliphatic carbocycles. The summed E-state index contributed by atoms with van der Waals surface area (Å²) in [5, 5.41) is 15.6. The number of amides is 2. The van der Waals surface area contributed by atoms with Gasteiger partial charge in [0.2, 0.25) is 0 Å². The second kappa shape index (κ2) is 8.72.